The summed E-state index contributed by atoms with van der Waals surface area (Å²) in [7, 11) is 0. The highest BCUT2D eigenvalue weighted by Crippen LogP contribution is 2.22. The van der Waals surface area contributed by atoms with Crippen LogP contribution in [0, 0.1) is 0 Å². The topological polar surface area (TPSA) is 75.4 Å². The lowest BCUT2D eigenvalue weighted by molar-refractivity contribution is 0.100. The van der Waals surface area contributed by atoms with E-state index in [1.807, 2.05) is 48.7 Å². The van der Waals surface area contributed by atoms with Crippen molar-refractivity contribution in [3.05, 3.63) is 72.6 Å². The lowest BCUT2D eigenvalue weighted by atomic mass is 10.1. The van der Waals surface area contributed by atoms with E-state index in [2.05, 4.69) is 14.8 Å². The van der Waals surface area contributed by atoms with Crippen molar-refractivity contribution in [1.82, 2.24) is 9.97 Å². The minimum absolute atomic E-state index is 0.400. The fourth-order valence-corrected chi connectivity index (χ4v) is 3.29. The van der Waals surface area contributed by atoms with Gasteiger partial charge in [-0.15, -0.1) is 0 Å². The molecular weight excluding hydrogens is 338 g/mol. The van der Waals surface area contributed by atoms with Gasteiger partial charge in [-0.25, -0.2) is 4.98 Å². The second-order valence-electron chi connectivity index (χ2n) is 6.51. The quantitative estimate of drug-likeness (QED) is 0.775. The van der Waals surface area contributed by atoms with Crippen molar-refractivity contribution in [3.63, 3.8) is 0 Å². The standard InChI is InChI=1S/C21H21N5O/c22-21(27)17-6-8-18(9-7-17)25-10-12-26(13-11-25)20-15-23-14-19(24-20)16-4-2-1-3-5-16/h1-9,14-15H,10-13H2,(H2,22,27). The fraction of sp³-hybridized carbons (Fsp3) is 0.190. The number of amides is 1. The van der Waals surface area contributed by atoms with Crippen molar-refractivity contribution in [1.29, 1.82) is 0 Å². The molecular formula is C21H21N5O. The maximum Gasteiger partial charge on any atom is 0.248 e. The number of piperazine rings is 1. The molecule has 2 heterocycles. The molecule has 6 heteroatoms. The number of anilines is 2. The summed E-state index contributed by atoms with van der Waals surface area (Å²) in [6, 6.07) is 17.5. The monoisotopic (exact) mass is 359 g/mol. The van der Waals surface area contributed by atoms with Gasteiger partial charge in [-0.3, -0.25) is 9.78 Å². The second-order valence-corrected chi connectivity index (χ2v) is 6.51. The van der Waals surface area contributed by atoms with Gasteiger partial charge in [0.15, 0.2) is 0 Å². The summed E-state index contributed by atoms with van der Waals surface area (Å²) >= 11 is 0. The molecule has 0 spiro atoms. The van der Waals surface area contributed by atoms with Crippen molar-refractivity contribution in [3.8, 4) is 11.3 Å². The molecule has 0 aliphatic carbocycles. The molecule has 0 saturated carbocycles. The van der Waals surface area contributed by atoms with Crippen LogP contribution in [-0.4, -0.2) is 42.1 Å². The van der Waals surface area contributed by atoms with Crippen LogP contribution < -0.4 is 15.5 Å². The number of benzene rings is 2. The molecule has 0 radical (unpaired) electrons. The first-order valence-electron chi connectivity index (χ1n) is 8.98. The average molecular weight is 359 g/mol. The third kappa shape index (κ3) is 3.74. The number of primary amides is 1. The van der Waals surface area contributed by atoms with E-state index in [-0.39, 0.29) is 0 Å². The zero-order valence-corrected chi connectivity index (χ0v) is 15.0. The van der Waals surface area contributed by atoms with Crippen LogP contribution >= 0.6 is 0 Å². The van der Waals surface area contributed by atoms with Gasteiger partial charge in [0.1, 0.15) is 5.82 Å². The Morgan fingerprint density at radius 1 is 0.852 bits per heavy atom. The summed E-state index contributed by atoms with van der Waals surface area (Å²) in [4.78, 5) is 24.9. The highest BCUT2D eigenvalue weighted by molar-refractivity contribution is 5.93. The number of hydrogen-bond donors (Lipinski definition) is 1. The number of rotatable bonds is 4. The van der Waals surface area contributed by atoms with Crippen molar-refractivity contribution in [2.45, 2.75) is 0 Å². The highest BCUT2D eigenvalue weighted by Gasteiger charge is 2.19. The summed E-state index contributed by atoms with van der Waals surface area (Å²) in [6.07, 6.45) is 3.62. The molecule has 1 aromatic heterocycles. The van der Waals surface area contributed by atoms with Gasteiger partial charge in [-0.2, -0.15) is 0 Å². The molecule has 0 atom stereocenters. The Morgan fingerprint density at radius 3 is 2.19 bits per heavy atom. The molecule has 136 valence electrons. The molecule has 1 fully saturated rings. The minimum Gasteiger partial charge on any atom is -0.368 e. The van der Waals surface area contributed by atoms with Gasteiger partial charge in [0.05, 0.1) is 18.1 Å². The largest absolute Gasteiger partial charge is 0.368 e. The van der Waals surface area contributed by atoms with Gasteiger partial charge in [0.25, 0.3) is 0 Å². The summed E-state index contributed by atoms with van der Waals surface area (Å²) < 4.78 is 0. The third-order valence-electron chi connectivity index (χ3n) is 4.81. The number of carbonyl (C=O) groups is 1. The smallest absolute Gasteiger partial charge is 0.248 e. The van der Waals surface area contributed by atoms with E-state index in [0.29, 0.717) is 5.56 Å². The minimum atomic E-state index is -0.400. The lowest BCUT2D eigenvalue weighted by Crippen LogP contribution is -2.46. The number of nitrogens with two attached hydrogens (primary N) is 1. The Balaban J connectivity index is 1.44. The first kappa shape index (κ1) is 17.0. The summed E-state index contributed by atoms with van der Waals surface area (Å²) in [5.41, 5.74) is 8.90. The third-order valence-corrected chi connectivity index (χ3v) is 4.81. The van der Waals surface area contributed by atoms with Crippen LogP contribution in [0.15, 0.2) is 67.0 Å². The predicted molar refractivity (Wildman–Crippen MR) is 107 cm³/mol. The van der Waals surface area contributed by atoms with Gasteiger partial charge in [-0.05, 0) is 24.3 Å². The van der Waals surface area contributed by atoms with E-state index < -0.39 is 5.91 Å². The lowest BCUT2D eigenvalue weighted by Gasteiger charge is -2.36. The first-order valence-corrected chi connectivity index (χ1v) is 8.98. The molecule has 1 aliphatic heterocycles. The van der Waals surface area contributed by atoms with Gasteiger partial charge in [-0.1, -0.05) is 30.3 Å². The second kappa shape index (κ2) is 7.45. The van der Waals surface area contributed by atoms with Gasteiger partial charge < -0.3 is 15.5 Å². The number of carbonyl (C=O) groups excluding carboxylic acids is 1. The molecule has 27 heavy (non-hydrogen) atoms. The fourth-order valence-electron chi connectivity index (χ4n) is 3.29. The van der Waals surface area contributed by atoms with Crippen molar-refractivity contribution < 1.29 is 4.79 Å². The van der Waals surface area contributed by atoms with Crippen molar-refractivity contribution >= 4 is 17.4 Å². The summed E-state index contributed by atoms with van der Waals surface area (Å²) in [5.74, 6) is 0.503. The Hall–Kier alpha value is -3.41. The van der Waals surface area contributed by atoms with Crippen LogP contribution in [0.2, 0.25) is 0 Å². The Labute approximate surface area is 158 Å². The number of aromatic nitrogens is 2. The van der Waals surface area contributed by atoms with E-state index in [1.165, 1.54) is 0 Å². The zero-order valence-electron chi connectivity index (χ0n) is 15.0. The van der Waals surface area contributed by atoms with Crippen LogP contribution in [0.4, 0.5) is 11.5 Å². The van der Waals surface area contributed by atoms with Crippen LogP contribution in [0.3, 0.4) is 0 Å². The van der Waals surface area contributed by atoms with Crippen LogP contribution in [-0.2, 0) is 0 Å². The van der Waals surface area contributed by atoms with Gasteiger partial charge >= 0.3 is 0 Å². The van der Waals surface area contributed by atoms with E-state index in [9.17, 15) is 4.79 Å². The van der Waals surface area contributed by atoms with E-state index in [1.54, 1.807) is 18.3 Å². The van der Waals surface area contributed by atoms with Gasteiger partial charge in [0.2, 0.25) is 5.91 Å². The maximum atomic E-state index is 11.2. The molecule has 0 unspecified atom stereocenters. The van der Waals surface area contributed by atoms with Crippen molar-refractivity contribution in [2.24, 2.45) is 5.73 Å². The maximum absolute atomic E-state index is 11.2. The molecule has 1 saturated heterocycles. The Bertz CT molecular complexity index is 919. The number of hydrogen-bond acceptors (Lipinski definition) is 5. The molecule has 2 aromatic carbocycles. The molecule has 3 aromatic rings. The van der Waals surface area contributed by atoms with E-state index in [4.69, 9.17) is 10.7 Å². The Kier molecular flexibility index (Phi) is 4.70. The number of nitrogens with zero attached hydrogens (tertiary/aromatic N) is 4. The summed E-state index contributed by atoms with van der Waals surface area (Å²) in [5, 5.41) is 0. The molecule has 1 amide bonds. The Morgan fingerprint density at radius 2 is 1.52 bits per heavy atom. The van der Waals surface area contributed by atoms with Gasteiger partial charge in [0, 0.05) is 43.0 Å². The van der Waals surface area contributed by atoms with Crippen LogP contribution in [0.25, 0.3) is 11.3 Å². The molecule has 6 nitrogen and oxygen atoms in total. The van der Waals surface area contributed by atoms with Crippen LogP contribution in [0.5, 0.6) is 0 Å². The van der Waals surface area contributed by atoms with Crippen LogP contribution in [0.1, 0.15) is 10.4 Å². The highest BCUT2D eigenvalue weighted by atomic mass is 16.1. The molecule has 2 N–H and O–H groups in total. The van der Waals surface area contributed by atoms with E-state index in [0.717, 1.165) is 48.9 Å². The zero-order chi connectivity index (χ0) is 18.6. The SMILES string of the molecule is NC(=O)c1ccc(N2CCN(c3cncc(-c4ccccc4)n3)CC2)cc1. The molecule has 4 rings (SSSR count). The first-order chi connectivity index (χ1) is 13.2. The normalized spacial score (nSPS) is 14.2. The predicted octanol–water partition coefficient (Wildman–Crippen LogP) is 2.57. The van der Waals surface area contributed by atoms with E-state index >= 15 is 0 Å². The molecule has 1 aliphatic rings. The summed E-state index contributed by atoms with van der Waals surface area (Å²) in [6.45, 7) is 3.50. The molecule has 0 bridgehead atoms. The van der Waals surface area contributed by atoms with Crippen molar-refractivity contribution in [2.75, 3.05) is 36.0 Å². The average Bonchev–Trinajstić information content (AvgIpc) is 2.75.